The van der Waals surface area contributed by atoms with Gasteiger partial charge in [0, 0.05) is 17.2 Å². The maximum absolute atomic E-state index is 5.72. The molecule has 1 heterocycles. The molecule has 1 aliphatic rings. The summed E-state index contributed by atoms with van der Waals surface area (Å²) in [5.41, 5.74) is 4.55. The molecule has 1 atom stereocenters. The van der Waals surface area contributed by atoms with Gasteiger partial charge in [0.05, 0.1) is 13.2 Å². The van der Waals surface area contributed by atoms with Gasteiger partial charge in [-0.3, -0.25) is 0 Å². The Hall–Kier alpha value is -2.86. The highest BCUT2D eigenvalue weighted by atomic mass is 16.5. The van der Waals surface area contributed by atoms with E-state index in [4.69, 9.17) is 14.0 Å². The third kappa shape index (κ3) is 3.72. The molecule has 0 saturated carbocycles. The average Bonchev–Trinajstić information content (AvgIpc) is 3.37. The van der Waals surface area contributed by atoms with Crippen LogP contribution in [0.5, 0.6) is 11.5 Å². The maximum atomic E-state index is 5.72. The largest absolute Gasteiger partial charge is 0.490 e. The van der Waals surface area contributed by atoms with E-state index in [9.17, 15) is 0 Å². The van der Waals surface area contributed by atoms with Crippen molar-refractivity contribution in [2.45, 2.75) is 32.7 Å². The van der Waals surface area contributed by atoms with Crippen LogP contribution in [0.2, 0.25) is 0 Å². The number of aromatic nitrogens is 2. The summed E-state index contributed by atoms with van der Waals surface area (Å²) >= 11 is 0. The maximum Gasteiger partial charge on any atom is 0.258 e. The summed E-state index contributed by atoms with van der Waals surface area (Å²) in [6, 6.07) is 12.5. The minimum Gasteiger partial charge on any atom is -0.490 e. The minimum absolute atomic E-state index is 0.441. The summed E-state index contributed by atoms with van der Waals surface area (Å²) in [4.78, 5) is 6.96. The molecule has 0 spiro atoms. The Morgan fingerprint density at radius 2 is 1.86 bits per heavy atom. The van der Waals surface area contributed by atoms with E-state index in [0.29, 0.717) is 42.5 Å². The summed E-state index contributed by atoms with van der Waals surface area (Å²) in [6.45, 7) is 5.04. The van der Waals surface area contributed by atoms with Gasteiger partial charge in [0.15, 0.2) is 11.5 Å². The first-order chi connectivity index (χ1) is 14.1. The van der Waals surface area contributed by atoms with Crippen molar-refractivity contribution in [1.29, 1.82) is 0 Å². The molecular formula is C23H27N3O3. The molecule has 29 heavy (non-hydrogen) atoms. The van der Waals surface area contributed by atoms with Crippen molar-refractivity contribution in [2.75, 3.05) is 27.3 Å². The summed E-state index contributed by atoms with van der Waals surface area (Å²) in [6.07, 6.45) is 2.14. The molecule has 0 radical (unpaired) electrons. The molecule has 1 aromatic heterocycles. The van der Waals surface area contributed by atoms with Crippen LogP contribution in [0, 0.1) is 0 Å². The van der Waals surface area contributed by atoms with Gasteiger partial charge in [-0.25, -0.2) is 0 Å². The molecule has 0 amide bonds. The van der Waals surface area contributed by atoms with Crippen LogP contribution in [-0.2, 0) is 6.42 Å². The Morgan fingerprint density at radius 1 is 1.07 bits per heavy atom. The van der Waals surface area contributed by atoms with Crippen molar-refractivity contribution >= 4 is 0 Å². The number of nitrogens with zero attached hydrogens (tertiary/aromatic N) is 3. The van der Waals surface area contributed by atoms with Crippen LogP contribution in [0.3, 0.4) is 0 Å². The second-order valence-electron chi connectivity index (χ2n) is 7.34. The number of benzene rings is 2. The molecule has 2 aromatic carbocycles. The number of ether oxygens (including phenoxy) is 2. The van der Waals surface area contributed by atoms with Crippen LogP contribution in [0.1, 0.15) is 37.4 Å². The summed E-state index contributed by atoms with van der Waals surface area (Å²) in [5, 5.41) is 4.27. The van der Waals surface area contributed by atoms with Crippen molar-refractivity contribution in [2.24, 2.45) is 0 Å². The molecular weight excluding hydrogens is 366 g/mol. The first-order valence-electron chi connectivity index (χ1n) is 10.1. The molecule has 0 bridgehead atoms. The van der Waals surface area contributed by atoms with Crippen LogP contribution in [-0.4, -0.2) is 42.3 Å². The van der Waals surface area contributed by atoms with E-state index >= 15 is 0 Å². The fraction of sp³-hybridized carbons (Fsp3) is 0.391. The van der Waals surface area contributed by atoms with E-state index in [1.165, 1.54) is 11.1 Å². The fourth-order valence-corrected chi connectivity index (χ4v) is 4.01. The first-order valence-corrected chi connectivity index (χ1v) is 10.1. The summed E-state index contributed by atoms with van der Waals surface area (Å²) < 4.78 is 17.0. The van der Waals surface area contributed by atoms with Gasteiger partial charge in [0.25, 0.3) is 5.89 Å². The molecule has 6 nitrogen and oxygen atoms in total. The number of hydrogen-bond donors (Lipinski definition) is 0. The van der Waals surface area contributed by atoms with E-state index in [0.717, 1.165) is 24.0 Å². The quantitative estimate of drug-likeness (QED) is 0.577. The normalized spacial score (nSPS) is 15.6. The topological polar surface area (TPSA) is 60.6 Å². The summed E-state index contributed by atoms with van der Waals surface area (Å²) in [5.74, 6) is 2.50. The molecule has 6 heteroatoms. The molecule has 3 aromatic rings. The van der Waals surface area contributed by atoms with Gasteiger partial charge in [-0.05, 0) is 70.1 Å². The number of rotatable bonds is 7. The lowest BCUT2D eigenvalue weighted by molar-refractivity contribution is 0.288. The average molecular weight is 393 g/mol. The molecule has 0 N–H and O–H groups in total. The first kappa shape index (κ1) is 19.5. The minimum atomic E-state index is 0.441. The molecule has 1 aliphatic carbocycles. The predicted octanol–water partition coefficient (Wildman–Crippen LogP) is 4.75. The van der Waals surface area contributed by atoms with Crippen LogP contribution in [0.15, 0.2) is 40.9 Å². The van der Waals surface area contributed by atoms with E-state index in [2.05, 4.69) is 47.3 Å². The molecule has 0 saturated heterocycles. The van der Waals surface area contributed by atoms with E-state index < -0.39 is 0 Å². The van der Waals surface area contributed by atoms with E-state index in [-0.39, 0.29) is 0 Å². The zero-order valence-electron chi connectivity index (χ0n) is 17.4. The van der Waals surface area contributed by atoms with Crippen molar-refractivity contribution < 1.29 is 14.0 Å². The molecule has 4 rings (SSSR count). The Balaban J connectivity index is 1.68. The third-order valence-corrected chi connectivity index (χ3v) is 5.32. The van der Waals surface area contributed by atoms with Gasteiger partial charge in [0.2, 0.25) is 5.82 Å². The van der Waals surface area contributed by atoms with Crippen LogP contribution < -0.4 is 9.47 Å². The Bertz CT molecular complexity index is 997. The predicted molar refractivity (Wildman–Crippen MR) is 112 cm³/mol. The second kappa shape index (κ2) is 8.25. The van der Waals surface area contributed by atoms with Gasteiger partial charge in [0.1, 0.15) is 0 Å². The van der Waals surface area contributed by atoms with Crippen LogP contribution in [0.25, 0.3) is 22.8 Å². The van der Waals surface area contributed by atoms with Crippen molar-refractivity contribution in [3.8, 4) is 34.3 Å². The van der Waals surface area contributed by atoms with Gasteiger partial charge in [-0.15, -0.1) is 0 Å². The second-order valence-corrected chi connectivity index (χ2v) is 7.34. The molecule has 1 unspecified atom stereocenters. The Kier molecular flexibility index (Phi) is 5.53. The zero-order chi connectivity index (χ0) is 20.4. The Morgan fingerprint density at radius 3 is 2.62 bits per heavy atom. The van der Waals surface area contributed by atoms with Crippen molar-refractivity contribution in [3.63, 3.8) is 0 Å². The monoisotopic (exact) mass is 393 g/mol. The third-order valence-electron chi connectivity index (χ3n) is 5.32. The van der Waals surface area contributed by atoms with Crippen LogP contribution in [0.4, 0.5) is 0 Å². The molecule has 0 aliphatic heterocycles. The summed E-state index contributed by atoms with van der Waals surface area (Å²) in [7, 11) is 4.25. The van der Waals surface area contributed by atoms with E-state index in [1.54, 1.807) is 0 Å². The highest BCUT2D eigenvalue weighted by Gasteiger charge is 2.27. The highest BCUT2D eigenvalue weighted by molar-refractivity contribution is 5.67. The SMILES string of the molecule is CCOc1ccc(-c2nc(-c3cccc4c3CCC4N(C)C)no2)cc1OCC. The zero-order valence-corrected chi connectivity index (χ0v) is 17.4. The lowest BCUT2D eigenvalue weighted by atomic mass is 10.0. The van der Waals surface area contributed by atoms with Gasteiger partial charge in [-0.1, -0.05) is 23.4 Å². The van der Waals surface area contributed by atoms with Crippen molar-refractivity contribution in [1.82, 2.24) is 15.0 Å². The highest BCUT2D eigenvalue weighted by Crippen LogP contribution is 2.39. The fourth-order valence-electron chi connectivity index (χ4n) is 4.01. The number of fused-ring (bicyclic) bond motifs is 1. The number of hydrogen-bond acceptors (Lipinski definition) is 6. The lowest BCUT2D eigenvalue weighted by Gasteiger charge is -2.20. The van der Waals surface area contributed by atoms with Gasteiger partial charge < -0.3 is 18.9 Å². The van der Waals surface area contributed by atoms with Gasteiger partial charge >= 0.3 is 0 Å². The molecule has 0 fully saturated rings. The Labute approximate surface area is 171 Å². The van der Waals surface area contributed by atoms with Gasteiger partial charge in [-0.2, -0.15) is 4.98 Å². The smallest absolute Gasteiger partial charge is 0.258 e. The molecule has 152 valence electrons. The van der Waals surface area contributed by atoms with E-state index in [1.807, 2.05) is 32.0 Å². The van der Waals surface area contributed by atoms with Crippen molar-refractivity contribution in [3.05, 3.63) is 47.5 Å². The standard InChI is InChI=1S/C23H27N3O3/c1-5-27-20-13-10-15(14-21(20)28-6-2)23-24-22(25-29-23)18-9-7-8-17-16(18)11-12-19(17)26(3)4/h7-10,13-14,19H,5-6,11-12H2,1-4H3. The van der Waals surface area contributed by atoms with Crippen LogP contribution >= 0.6 is 0 Å². The lowest BCUT2D eigenvalue weighted by Crippen LogP contribution is -2.17.